The Balaban J connectivity index is 1.52. The van der Waals surface area contributed by atoms with Crippen LogP contribution in [0.1, 0.15) is 34.0 Å². The fourth-order valence-corrected chi connectivity index (χ4v) is 5.61. The zero-order chi connectivity index (χ0) is 28.7. The summed E-state index contributed by atoms with van der Waals surface area (Å²) in [6.45, 7) is 4.06. The molecule has 2 N–H and O–H groups in total. The van der Waals surface area contributed by atoms with E-state index in [0.29, 0.717) is 39.8 Å². The van der Waals surface area contributed by atoms with Crippen LogP contribution in [0.25, 0.3) is 0 Å². The van der Waals surface area contributed by atoms with Gasteiger partial charge >= 0.3 is 0 Å². The molecular weight excluding hydrogens is 550 g/mol. The SMILES string of the molecule is CCOc1cc(/C=N/NC(=O)c2ccc(CN(c3cc(Cl)ccc3C)S(=O)(=O)c3ccccc3)cc2)ccc1O. The van der Waals surface area contributed by atoms with Gasteiger partial charge in [-0.25, -0.2) is 13.8 Å². The summed E-state index contributed by atoms with van der Waals surface area (Å²) in [4.78, 5) is 12.8. The topological polar surface area (TPSA) is 108 Å². The average molecular weight is 578 g/mol. The van der Waals surface area contributed by atoms with E-state index < -0.39 is 15.9 Å². The van der Waals surface area contributed by atoms with Crippen LogP contribution in [0.3, 0.4) is 0 Å². The van der Waals surface area contributed by atoms with Crippen LogP contribution in [0.2, 0.25) is 5.02 Å². The number of sulfonamides is 1. The minimum Gasteiger partial charge on any atom is -0.504 e. The van der Waals surface area contributed by atoms with E-state index in [1.807, 2.05) is 13.8 Å². The van der Waals surface area contributed by atoms with E-state index in [1.54, 1.807) is 84.9 Å². The lowest BCUT2D eigenvalue weighted by Gasteiger charge is -2.26. The first-order chi connectivity index (χ1) is 19.2. The smallest absolute Gasteiger partial charge is 0.271 e. The number of ether oxygens (including phenoxy) is 1. The summed E-state index contributed by atoms with van der Waals surface area (Å²) in [5.41, 5.74) is 5.33. The van der Waals surface area contributed by atoms with Crippen molar-refractivity contribution < 1.29 is 23.1 Å². The van der Waals surface area contributed by atoms with Gasteiger partial charge in [-0.05, 0) is 85.1 Å². The molecular formula is C30H28ClN3O5S. The first-order valence-corrected chi connectivity index (χ1v) is 14.2. The molecule has 0 unspecified atom stereocenters. The largest absolute Gasteiger partial charge is 0.504 e. The van der Waals surface area contributed by atoms with Gasteiger partial charge in [0.05, 0.1) is 29.9 Å². The molecule has 0 aromatic heterocycles. The van der Waals surface area contributed by atoms with Gasteiger partial charge in [0.15, 0.2) is 11.5 Å². The third kappa shape index (κ3) is 6.80. The number of aromatic hydroxyl groups is 1. The number of nitrogens with zero attached hydrogens (tertiary/aromatic N) is 2. The third-order valence-electron chi connectivity index (χ3n) is 5.98. The Morgan fingerprint density at radius 1 is 1.02 bits per heavy atom. The molecule has 0 heterocycles. The first-order valence-electron chi connectivity index (χ1n) is 12.4. The number of hydrogen-bond donors (Lipinski definition) is 2. The summed E-state index contributed by atoms with van der Waals surface area (Å²) >= 11 is 6.23. The van der Waals surface area contributed by atoms with E-state index in [0.717, 1.165) is 5.56 Å². The number of rotatable bonds is 10. The normalized spacial score (nSPS) is 11.4. The number of nitrogens with one attached hydrogen (secondary N) is 1. The van der Waals surface area contributed by atoms with Gasteiger partial charge in [0.1, 0.15) is 0 Å². The molecule has 0 aliphatic carbocycles. The molecule has 1 amide bonds. The maximum atomic E-state index is 13.7. The average Bonchev–Trinajstić information content (AvgIpc) is 2.95. The van der Waals surface area contributed by atoms with E-state index in [4.69, 9.17) is 16.3 Å². The number of anilines is 1. The highest BCUT2D eigenvalue weighted by Crippen LogP contribution is 2.31. The summed E-state index contributed by atoms with van der Waals surface area (Å²) in [5, 5.41) is 14.2. The van der Waals surface area contributed by atoms with Crippen LogP contribution in [0.4, 0.5) is 5.69 Å². The Kier molecular flexibility index (Phi) is 9.08. The van der Waals surface area contributed by atoms with Crippen molar-refractivity contribution in [3.05, 3.63) is 118 Å². The fraction of sp³-hybridized carbons (Fsp3) is 0.133. The maximum absolute atomic E-state index is 13.7. The fourth-order valence-electron chi connectivity index (χ4n) is 3.91. The number of hydrogen-bond acceptors (Lipinski definition) is 6. The number of aryl methyl sites for hydroxylation is 1. The van der Waals surface area contributed by atoms with Gasteiger partial charge in [-0.15, -0.1) is 0 Å². The highest BCUT2D eigenvalue weighted by atomic mass is 35.5. The molecule has 4 aromatic carbocycles. The predicted molar refractivity (Wildman–Crippen MR) is 157 cm³/mol. The number of phenols is 1. The second kappa shape index (κ2) is 12.7. The summed E-state index contributed by atoms with van der Waals surface area (Å²) < 4.78 is 34.0. The predicted octanol–water partition coefficient (Wildman–Crippen LogP) is 5.91. The van der Waals surface area contributed by atoms with E-state index in [2.05, 4.69) is 10.5 Å². The summed E-state index contributed by atoms with van der Waals surface area (Å²) in [7, 11) is -3.91. The minimum absolute atomic E-state index is 0.0174. The lowest BCUT2D eigenvalue weighted by Crippen LogP contribution is -2.31. The van der Waals surface area contributed by atoms with Crippen LogP contribution in [0.15, 0.2) is 101 Å². The Bertz CT molecular complexity index is 1630. The van der Waals surface area contributed by atoms with Crippen molar-refractivity contribution in [1.29, 1.82) is 0 Å². The monoisotopic (exact) mass is 577 g/mol. The number of phenolic OH excluding ortho intramolecular Hbond substituents is 1. The van der Waals surface area contributed by atoms with Crippen molar-refractivity contribution in [2.24, 2.45) is 5.10 Å². The number of halogens is 1. The van der Waals surface area contributed by atoms with Gasteiger partial charge in [0.25, 0.3) is 15.9 Å². The molecule has 40 heavy (non-hydrogen) atoms. The number of carbonyl (C=O) groups excluding carboxylic acids is 1. The molecule has 0 atom stereocenters. The lowest BCUT2D eigenvalue weighted by molar-refractivity contribution is 0.0955. The van der Waals surface area contributed by atoms with Crippen molar-refractivity contribution in [3.8, 4) is 11.5 Å². The van der Waals surface area contributed by atoms with Crippen LogP contribution in [-0.2, 0) is 16.6 Å². The molecule has 0 aliphatic heterocycles. The Morgan fingerprint density at radius 2 is 1.75 bits per heavy atom. The van der Waals surface area contributed by atoms with Crippen LogP contribution in [0.5, 0.6) is 11.5 Å². The molecule has 0 radical (unpaired) electrons. The van der Waals surface area contributed by atoms with E-state index >= 15 is 0 Å². The van der Waals surface area contributed by atoms with Crippen molar-refractivity contribution >= 4 is 39.4 Å². The van der Waals surface area contributed by atoms with Crippen LogP contribution in [0, 0.1) is 6.92 Å². The molecule has 10 heteroatoms. The molecule has 0 saturated heterocycles. The maximum Gasteiger partial charge on any atom is 0.271 e. The second-order valence-corrected chi connectivity index (χ2v) is 11.1. The zero-order valence-corrected chi connectivity index (χ0v) is 23.5. The second-order valence-electron chi connectivity index (χ2n) is 8.81. The van der Waals surface area contributed by atoms with Crippen LogP contribution >= 0.6 is 11.6 Å². The van der Waals surface area contributed by atoms with E-state index in [-0.39, 0.29) is 17.2 Å². The van der Waals surface area contributed by atoms with Crippen molar-refractivity contribution in [2.45, 2.75) is 25.3 Å². The number of amides is 1. The van der Waals surface area contributed by atoms with Gasteiger partial charge in [0.2, 0.25) is 0 Å². The first kappa shape index (κ1) is 28.7. The Morgan fingerprint density at radius 3 is 2.45 bits per heavy atom. The number of hydrazone groups is 1. The highest BCUT2D eigenvalue weighted by molar-refractivity contribution is 7.92. The molecule has 0 spiro atoms. The zero-order valence-electron chi connectivity index (χ0n) is 21.9. The Hall–Kier alpha value is -4.34. The summed E-state index contributed by atoms with van der Waals surface area (Å²) in [6.07, 6.45) is 1.44. The van der Waals surface area contributed by atoms with Gasteiger partial charge in [0, 0.05) is 10.6 Å². The van der Waals surface area contributed by atoms with Crippen LogP contribution in [-0.4, -0.2) is 32.3 Å². The lowest BCUT2D eigenvalue weighted by atomic mass is 10.1. The molecule has 0 aliphatic rings. The number of benzene rings is 4. The minimum atomic E-state index is -3.91. The van der Waals surface area contributed by atoms with Gasteiger partial charge < -0.3 is 9.84 Å². The quantitative estimate of drug-likeness (QED) is 0.180. The van der Waals surface area contributed by atoms with Crippen LogP contribution < -0.4 is 14.5 Å². The van der Waals surface area contributed by atoms with Gasteiger partial charge in [-0.1, -0.05) is 48.0 Å². The van der Waals surface area contributed by atoms with Crippen molar-refractivity contribution in [3.63, 3.8) is 0 Å². The van der Waals surface area contributed by atoms with Crippen molar-refractivity contribution in [2.75, 3.05) is 10.9 Å². The summed E-state index contributed by atoms with van der Waals surface area (Å²) in [6, 6.07) is 24.6. The molecule has 4 aromatic rings. The summed E-state index contributed by atoms with van der Waals surface area (Å²) in [5.74, 6) is -0.0977. The molecule has 0 saturated carbocycles. The molecule has 0 bridgehead atoms. The highest BCUT2D eigenvalue weighted by Gasteiger charge is 2.26. The standard InChI is InChI=1S/C30H28ClN3O5S/c1-3-39-29-17-23(12-16-28(29)35)19-32-33-30(36)24-13-10-22(11-14-24)20-34(27-18-25(31)15-9-21(27)2)40(37,38)26-7-5-4-6-8-26/h4-19,35H,3,20H2,1-2H3,(H,33,36)/b32-19+. The van der Waals surface area contributed by atoms with Crippen molar-refractivity contribution in [1.82, 2.24) is 5.43 Å². The van der Waals surface area contributed by atoms with Gasteiger partial charge in [-0.3, -0.25) is 9.10 Å². The van der Waals surface area contributed by atoms with E-state index in [1.165, 1.54) is 16.6 Å². The molecule has 0 fully saturated rings. The Labute approximate surface area is 238 Å². The van der Waals surface area contributed by atoms with Gasteiger partial charge in [-0.2, -0.15) is 5.10 Å². The molecule has 4 rings (SSSR count). The number of carbonyl (C=O) groups is 1. The molecule has 8 nitrogen and oxygen atoms in total. The third-order valence-corrected chi connectivity index (χ3v) is 7.99. The molecule has 206 valence electrons. The van der Waals surface area contributed by atoms with E-state index in [9.17, 15) is 18.3 Å².